The maximum atomic E-state index is 13.4. The smallest absolute Gasteiger partial charge is 0.264 e. The Bertz CT molecular complexity index is 901. The van der Waals surface area contributed by atoms with E-state index in [2.05, 4.69) is 33.0 Å². The molecular formula is C23H32N2O3S. The van der Waals surface area contributed by atoms with Gasteiger partial charge in [-0.2, -0.15) is 0 Å². The number of nitrogens with one attached hydrogen (secondary N) is 1. The summed E-state index contributed by atoms with van der Waals surface area (Å²) in [7, 11) is -3.89. The molecular weight excluding hydrogens is 384 g/mol. The van der Waals surface area contributed by atoms with Crippen molar-refractivity contribution in [3.63, 3.8) is 0 Å². The second kappa shape index (κ2) is 9.92. The fraction of sp³-hybridized carbons (Fsp3) is 0.435. The number of anilines is 1. The Hall–Kier alpha value is -2.34. The van der Waals surface area contributed by atoms with Crippen molar-refractivity contribution in [1.82, 2.24) is 5.32 Å². The van der Waals surface area contributed by atoms with Gasteiger partial charge in [0.2, 0.25) is 5.91 Å². The van der Waals surface area contributed by atoms with Crippen LogP contribution in [0.15, 0.2) is 59.5 Å². The number of hydrogen-bond acceptors (Lipinski definition) is 3. The summed E-state index contributed by atoms with van der Waals surface area (Å²) in [6.07, 6.45) is 0.666. The lowest BCUT2D eigenvalue weighted by atomic mass is 9.93. The summed E-state index contributed by atoms with van der Waals surface area (Å²) < 4.78 is 28.1. The van der Waals surface area contributed by atoms with Gasteiger partial charge in [0.15, 0.2) is 0 Å². The van der Waals surface area contributed by atoms with Crippen molar-refractivity contribution in [2.45, 2.75) is 52.0 Å². The van der Waals surface area contributed by atoms with Crippen molar-refractivity contribution in [1.29, 1.82) is 0 Å². The highest BCUT2D eigenvalue weighted by Gasteiger charge is 2.29. The molecule has 2 aromatic rings. The SMILES string of the molecule is CCc1ccccc1N(CC(=O)NC(C(C)C)C(C)C)S(=O)(=O)c1ccccc1. The Morgan fingerprint density at radius 3 is 2.03 bits per heavy atom. The molecule has 0 aliphatic rings. The first-order chi connectivity index (χ1) is 13.7. The van der Waals surface area contributed by atoms with E-state index in [4.69, 9.17) is 0 Å². The summed E-state index contributed by atoms with van der Waals surface area (Å²) in [4.78, 5) is 13.1. The van der Waals surface area contributed by atoms with Crippen LogP contribution in [0.4, 0.5) is 5.69 Å². The molecule has 0 unspecified atom stereocenters. The Kier molecular flexibility index (Phi) is 7.85. The third kappa shape index (κ3) is 5.60. The van der Waals surface area contributed by atoms with E-state index in [1.54, 1.807) is 42.5 Å². The molecule has 0 radical (unpaired) electrons. The molecule has 0 aliphatic carbocycles. The summed E-state index contributed by atoms with van der Waals surface area (Å²) in [5, 5.41) is 3.03. The third-order valence-corrected chi connectivity index (χ3v) is 6.80. The molecule has 0 atom stereocenters. The zero-order chi connectivity index (χ0) is 21.6. The zero-order valence-electron chi connectivity index (χ0n) is 17.9. The minimum atomic E-state index is -3.89. The standard InChI is InChI=1S/C23H32N2O3S/c1-6-19-12-10-11-15-21(19)25(29(27,28)20-13-8-7-9-14-20)16-22(26)24-23(17(2)3)18(4)5/h7-15,17-18,23H,6,16H2,1-5H3,(H,24,26). The Labute approximate surface area is 175 Å². The maximum absolute atomic E-state index is 13.4. The van der Waals surface area contributed by atoms with E-state index in [1.165, 1.54) is 4.31 Å². The molecule has 0 saturated heterocycles. The fourth-order valence-electron chi connectivity index (χ4n) is 3.54. The van der Waals surface area contributed by atoms with Crippen LogP contribution in [0.2, 0.25) is 0 Å². The molecule has 0 saturated carbocycles. The number of nitrogens with zero attached hydrogens (tertiary/aromatic N) is 1. The van der Waals surface area contributed by atoms with Crippen LogP contribution >= 0.6 is 0 Å². The monoisotopic (exact) mass is 416 g/mol. The van der Waals surface area contributed by atoms with Crippen LogP contribution in [-0.4, -0.2) is 26.9 Å². The number of amides is 1. The highest BCUT2D eigenvalue weighted by molar-refractivity contribution is 7.92. The van der Waals surface area contributed by atoms with Crippen molar-refractivity contribution in [3.05, 3.63) is 60.2 Å². The van der Waals surface area contributed by atoms with Crippen LogP contribution in [0.3, 0.4) is 0 Å². The normalized spacial score (nSPS) is 11.9. The van der Waals surface area contributed by atoms with Gasteiger partial charge in [-0.15, -0.1) is 0 Å². The molecule has 2 rings (SSSR count). The minimum absolute atomic E-state index is 0.0230. The maximum Gasteiger partial charge on any atom is 0.264 e. The first-order valence-electron chi connectivity index (χ1n) is 10.1. The van der Waals surface area contributed by atoms with Crippen molar-refractivity contribution in [2.75, 3.05) is 10.8 Å². The first kappa shape index (κ1) is 22.9. The van der Waals surface area contributed by atoms with E-state index in [-0.39, 0.29) is 35.2 Å². The number of rotatable bonds is 9. The van der Waals surface area contributed by atoms with Gasteiger partial charge in [0, 0.05) is 6.04 Å². The first-order valence-corrected chi connectivity index (χ1v) is 11.6. The van der Waals surface area contributed by atoms with E-state index in [1.807, 2.05) is 19.1 Å². The lowest BCUT2D eigenvalue weighted by molar-refractivity contribution is -0.121. The molecule has 0 fully saturated rings. The highest BCUT2D eigenvalue weighted by atomic mass is 32.2. The lowest BCUT2D eigenvalue weighted by Gasteiger charge is -2.29. The predicted octanol–water partition coefficient (Wildman–Crippen LogP) is 4.24. The molecule has 158 valence electrons. The Morgan fingerprint density at radius 1 is 0.931 bits per heavy atom. The van der Waals surface area contributed by atoms with E-state index in [0.29, 0.717) is 12.1 Å². The zero-order valence-corrected chi connectivity index (χ0v) is 18.7. The van der Waals surface area contributed by atoms with Crippen LogP contribution in [0.25, 0.3) is 0 Å². The van der Waals surface area contributed by atoms with E-state index in [9.17, 15) is 13.2 Å². The molecule has 0 bridgehead atoms. The summed E-state index contributed by atoms with van der Waals surface area (Å²) in [5.74, 6) is 0.199. The molecule has 29 heavy (non-hydrogen) atoms. The van der Waals surface area contributed by atoms with Crippen LogP contribution in [-0.2, 0) is 21.2 Å². The number of hydrogen-bond donors (Lipinski definition) is 1. The van der Waals surface area contributed by atoms with Gasteiger partial charge < -0.3 is 5.32 Å². The van der Waals surface area contributed by atoms with Gasteiger partial charge in [0.1, 0.15) is 6.54 Å². The Balaban J connectivity index is 2.45. The number of benzene rings is 2. The van der Waals surface area contributed by atoms with E-state index in [0.717, 1.165) is 5.56 Å². The number of para-hydroxylation sites is 1. The number of aryl methyl sites for hydroxylation is 1. The third-order valence-electron chi connectivity index (χ3n) is 5.02. The van der Waals surface area contributed by atoms with E-state index < -0.39 is 10.0 Å². The number of carbonyl (C=O) groups is 1. The molecule has 2 aromatic carbocycles. The largest absolute Gasteiger partial charge is 0.351 e. The second-order valence-electron chi connectivity index (χ2n) is 7.89. The van der Waals surface area contributed by atoms with Gasteiger partial charge in [-0.25, -0.2) is 8.42 Å². The average molecular weight is 417 g/mol. The molecule has 6 heteroatoms. The van der Waals surface area contributed by atoms with Gasteiger partial charge in [0.25, 0.3) is 10.0 Å². The number of sulfonamides is 1. The van der Waals surface area contributed by atoms with Crippen LogP contribution in [0, 0.1) is 11.8 Å². The highest BCUT2D eigenvalue weighted by Crippen LogP contribution is 2.27. The van der Waals surface area contributed by atoms with E-state index >= 15 is 0 Å². The number of carbonyl (C=O) groups excluding carboxylic acids is 1. The molecule has 1 N–H and O–H groups in total. The summed E-state index contributed by atoms with van der Waals surface area (Å²) in [6.45, 7) is 9.92. The molecule has 0 spiro atoms. The van der Waals surface area contributed by atoms with Gasteiger partial charge in [-0.05, 0) is 42.0 Å². The molecule has 1 amide bonds. The van der Waals surface area contributed by atoms with Gasteiger partial charge in [-0.1, -0.05) is 71.0 Å². The summed E-state index contributed by atoms with van der Waals surface area (Å²) in [6, 6.07) is 15.6. The van der Waals surface area contributed by atoms with Crippen molar-refractivity contribution in [3.8, 4) is 0 Å². The topological polar surface area (TPSA) is 66.5 Å². The van der Waals surface area contributed by atoms with Crippen molar-refractivity contribution in [2.24, 2.45) is 11.8 Å². The second-order valence-corrected chi connectivity index (χ2v) is 9.75. The fourth-order valence-corrected chi connectivity index (χ4v) is 5.02. The van der Waals surface area contributed by atoms with Gasteiger partial charge >= 0.3 is 0 Å². The van der Waals surface area contributed by atoms with Crippen LogP contribution < -0.4 is 9.62 Å². The molecule has 0 heterocycles. The van der Waals surface area contributed by atoms with Gasteiger partial charge in [0.05, 0.1) is 10.6 Å². The Morgan fingerprint density at radius 2 is 1.48 bits per heavy atom. The van der Waals surface area contributed by atoms with Crippen molar-refractivity contribution < 1.29 is 13.2 Å². The minimum Gasteiger partial charge on any atom is -0.351 e. The lowest BCUT2D eigenvalue weighted by Crippen LogP contribution is -2.48. The van der Waals surface area contributed by atoms with Crippen LogP contribution in [0.5, 0.6) is 0 Å². The summed E-state index contributed by atoms with van der Waals surface area (Å²) in [5.41, 5.74) is 1.42. The molecule has 5 nitrogen and oxygen atoms in total. The predicted molar refractivity (Wildman–Crippen MR) is 118 cm³/mol. The van der Waals surface area contributed by atoms with Crippen molar-refractivity contribution >= 4 is 21.6 Å². The van der Waals surface area contributed by atoms with Crippen LogP contribution in [0.1, 0.15) is 40.2 Å². The van der Waals surface area contributed by atoms with Gasteiger partial charge in [-0.3, -0.25) is 9.10 Å². The average Bonchev–Trinajstić information content (AvgIpc) is 2.70. The summed E-state index contributed by atoms with van der Waals surface area (Å²) >= 11 is 0. The quantitative estimate of drug-likeness (QED) is 0.665. The molecule has 0 aliphatic heterocycles. The molecule has 0 aromatic heterocycles.